The Bertz CT molecular complexity index is 347. The van der Waals surface area contributed by atoms with Crippen molar-refractivity contribution in [3.63, 3.8) is 0 Å². The Kier molecular flexibility index (Phi) is 4.27. The van der Waals surface area contributed by atoms with E-state index in [4.69, 9.17) is 0 Å². The van der Waals surface area contributed by atoms with Crippen LogP contribution in [0.3, 0.4) is 0 Å². The molecule has 0 saturated heterocycles. The zero-order chi connectivity index (χ0) is 12.2. The van der Waals surface area contributed by atoms with Gasteiger partial charge in [-0.1, -0.05) is 20.8 Å². The lowest BCUT2D eigenvalue weighted by molar-refractivity contribution is -0.126. The summed E-state index contributed by atoms with van der Waals surface area (Å²) in [6, 6.07) is 0. The van der Waals surface area contributed by atoms with E-state index < -0.39 is 0 Å². The SMILES string of the molecule is CCn1ccnc1CCCC(=O)C(C)(C)C. The Balaban J connectivity index is 2.39. The summed E-state index contributed by atoms with van der Waals surface area (Å²) in [5.74, 6) is 1.42. The predicted molar refractivity (Wildman–Crippen MR) is 65.3 cm³/mol. The van der Waals surface area contributed by atoms with Crippen molar-refractivity contribution >= 4 is 5.78 Å². The topological polar surface area (TPSA) is 34.9 Å². The van der Waals surface area contributed by atoms with Crippen LogP contribution in [-0.2, 0) is 17.8 Å². The maximum Gasteiger partial charge on any atom is 0.138 e. The molecule has 0 spiro atoms. The fraction of sp³-hybridized carbons (Fsp3) is 0.692. The highest BCUT2D eigenvalue weighted by Gasteiger charge is 2.20. The molecule has 16 heavy (non-hydrogen) atoms. The lowest BCUT2D eigenvalue weighted by Gasteiger charge is -2.16. The normalized spacial score (nSPS) is 11.8. The summed E-state index contributed by atoms with van der Waals surface area (Å²) in [6.45, 7) is 8.97. The number of rotatable bonds is 5. The number of aryl methyl sites for hydroxylation is 2. The first kappa shape index (κ1) is 12.9. The van der Waals surface area contributed by atoms with Gasteiger partial charge in [0.15, 0.2) is 0 Å². The summed E-state index contributed by atoms with van der Waals surface area (Å²) in [6.07, 6.45) is 6.25. The molecular weight excluding hydrogens is 200 g/mol. The largest absolute Gasteiger partial charge is 0.335 e. The molecule has 0 radical (unpaired) electrons. The number of Topliss-reactive ketones (excluding diaryl/α,β-unsaturated/α-hetero) is 1. The summed E-state index contributed by atoms with van der Waals surface area (Å²) in [4.78, 5) is 16.0. The molecule has 0 unspecified atom stereocenters. The molecule has 90 valence electrons. The maximum absolute atomic E-state index is 11.7. The van der Waals surface area contributed by atoms with Crippen molar-refractivity contribution in [1.29, 1.82) is 0 Å². The first-order chi connectivity index (χ1) is 7.45. The van der Waals surface area contributed by atoms with E-state index in [9.17, 15) is 4.79 Å². The van der Waals surface area contributed by atoms with Gasteiger partial charge in [0.2, 0.25) is 0 Å². The van der Waals surface area contributed by atoms with Crippen molar-refractivity contribution in [3.8, 4) is 0 Å². The van der Waals surface area contributed by atoms with Crippen LogP contribution in [-0.4, -0.2) is 15.3 Å². The van der Waals surface area contributed by atoms with Crippen LogP contribution in [0.15, 0.2) is 12.4 Å². The smallest absolute Gasteiger partial charge is 0.138 e. The molecular formula is C13H22N2O. The van der Waals surface area contributed by atoms with E-state index in [2.05, 4.69) is 16.5 Å². The van der Waals surface area contributed by atoms with Gasteiger partial charge in [-0.25, -0.2) is 4.98 Å². The second-order valence-corrected chi connectivity index (χ2v) is 5.16. The van der Waals surface area contributed by atoms with Gasteiger partial charge in [-0.2, -0.15) is 0 Å². The van der Waals surface area contributed by atoms with Crippen molar-refractivity contribution in [2.45, 2.75) is 53.5 Å². The lowest BCUT2D eigenvalue weighted by atomic mass is 9.88. The summed E-state index contributed by atoms with van der Waals surface area (Å²) < 4.78 is 2.13. The molecule has 1 aromatic heterocycles. The Hall–Kier alpha value is -1.12. The van der Waals surface area contributed by atoms with Crippen LogP contribution in [0.4, 0.5) is 0 Å². The minimum Gasteiger partial charge on any atom is -0.335 e. The molecule has 0 bridgehead atoms. The molecule has 0 atom stereocenters. The zero-order valence-electron chi connectivity index (χ0n) is 10.8. The van der Waals surface area contributed by atoms with Crippen LogP contribution in [0, 0.1) is 5.41 Å². The maximum atomic E-state index is 11.7. The average molecular weight is 222 g/mol. The van der Waals surface area contributed by atoms with Gasteiger partial charge in [0.1, 0.15) is 11.6 Å². The van der Waals surface area contributed by atoms with Gasteiger partial charge in [-0.15, -0.1) is 0 Å². The molecule has 1 rings (SSSR count). The number of ketones is 1. The van der Waals surface area contributed by atoms with Crippen molar-refractivity contribution < 1.29 is 4.79 Å². The average Bonchev–Trinajstić information content (AvgIpc) is 2.63. The molecule has 3 heteroatoms. The third-order valence-electron chi connectivity index (χ3n) is 2.78. The second-order valence-electron chi connectivity index (χ2n) is 5.16. The molecule has 0 aliphatic rings. The quantitative estimate of drug-likeness (QED) is 0.768. The molecule has 0 aliphatic carbocycles. The zero-order valence-corrected chi connectivity index (χ0v) is 10.8. The van der Waals surface area contributed by atoms with Gasteiger partial charge < -0.3 is 4.57 Å². The Morgan fingerprint density at radius 3 is 2.69 bits per heavy atom. The lowest BCUT2D eigenvalue weighted by Crippen LogP contribution is -2.20. The third-order valence-corrected chi connectivity index (χ3v) is 2.78. The number of carbonyl (C=O) groups is 1. The number of aromatic nitrogens is 2. The summed E-state index contributed by atoms with van der Waals surface area (Å²) >= 11 is 0. The summed E-state index contributed by atoms with van der Waals surface area (Å²) in [5, 5.41) is 0. The molecule has 0 saturated carbocycles. The number of hydrogen-bond donors (Lipinski definition) is 0. The van der Waals surface area contributed by atoms with Crippen LogP contribution in [0.25, 0.3) is 0 Å². The number of carbonyl (C=O) groups excluding carboxylic acids is 1. The van der Waals surface area contributed by atoms with Crippen LogP contribution in [0.1, 0.15) is 46.4 Å². The Morgan fingerprint density at radius 1 is 1.44 bits per heavy atom. The van der Waals surface area contributed by atoms with E-state index in [1.807, 2.05) is 33.2 Å². The minimum absolute atomic E-state index is 0.208. The van der Waals surface area contributed by atoms with Gasteiger partial charge in [-0.3, -0.25) is 4.79 Å². The van der Waals surface area contributed by atoms with Crippen molar-refractivity contribution in [3.05, 3.63) is 18.2 Å². The highest BCUT2D eigenvalue weighted by molar-refractivity contribution is 5.83. The molecule has 0 amide bonds. The first-order valence-corrected chi connectivity index (χ1v) is 5.98. The van der Waals surface area contributed by atoms with E-state index in [0.29, 0.717) is 12.2 Å². The molecule has 0 N–H and O–H groups in total. The van der Waals surface area contributed by atoms with Gasteiger partial charge in [-0.05, 0) is 13.3 Å². The third kappa shape index (κ3) is 3.47. The molecule has 0 aromatic carbocycles. The van der Waals surface area contributed by atoms with E-state index in [0.717, 1.165) is 25.2 Å². The van der Waals surface area contributed by atoms with E-state index in [-0.39, 0.29) is 5.41 Å². The van der Waals surface area contributed by atoms with Crippen LogP contribution in [0.2, 0.25) is 0 Å². The van der Waals surface area contributed by atoms with Crippen molar-refractivity contribution in [2.75, 3.05) is 0 Å². The van der Waals surface area contributed by atoms with E-state index in [1.165, 1.54) is 0 Å². The molecule has 0 fully saturated rings. The predicted octanol–water partition coefficient (Wildman–Crippen LogP) is 2.84. The molecule has 3 nitrogen and oxygen atoms in total. The summed E-state index contributed by atoms with van der Waals surface area (Å²) in [5.41, 5.74) is -0.208. The van der Waals surface area contributed by atoms with Gasteiger partial charge in [0, 0.05) is 37.2 Å². The first-order valence-electron chi connectivity index (χ1n) is 5.98. The van der Waals surface area contributed by atoms with Crippen molar-refractivity contribution in [1.82, 2.24) is 9.55 Å². The Labute approximate surface area is 97.9 Å². The fourth-order valence-corrected chi connectivity index (χ4v) is 1.64. The standard InChI is InChI=1S/C13H22N2O/c1-5-15-10-9-14-12(15)8-6-7-11(16)13(2,3)4/h9-10H,5-8H2,1-4H3. The molecule has 1 heterocycles. The van der Waals surface area contributed by atoms with Crippen molar-refractivity contribution in [2.24, 2.45) is 5.41 Å². The van der Waals surface area contributed by atoms with Crippen LogP contribution < -0.4 is 0 Å². The monoisotopic (exact) mass is 222 g/mol. The van der Waals surface area contributed by atoms with E-state index in [1.54, 1.807) is 0 Å². The minimum atomic E-state index is -0.208. The van der Waals surface area contributed by atoms with Crippen LogP contribution in [0.5, 0.6) is 0 Å². The molecule has 0 aliphatic heterocycles. The number of hydrogen-bond acceptors (Lipinski definition) is 2. The second kappa shape index (κ2) is 5.28. The highest BCUT2D eigenvalue weighted by Crippen LogP contribution is 2.18. The van der Waals surface area contributed by atoms with E-state index >= 15 is 0 Å². The Morgan fingerprint density at radius 2 is 2.12 bits per heavy atom. The highest BCUT2D eigenvalue weighted by atomic mass is 16.1. The number of nitrogens with zero attached hydrogens (tertiary/aromatic N) is 2. The summed E-state index contributed by atoms with van der Waals surface area (Å²) in [7, 11) is 0. The molecule has 1 aromatic rings. The van der Waals surface area contributed by atoms with Gasteiger partial charge >= 0.3 is 0 Å². The number of imidazole rings is 1. The fourth-order valence-electron chi connectivity index (χ4n) is 1.64. The van der Waals surface area contributed by atoms with Gasteiger partial charge in [0.25, 0.3) is 0 Å². The van der Waals surface area contributed by atoms with Crippen LogP contribution >= 0.6 is 0 Å². The van der Waals surface area contributed by atoms with Gasteiger partial charge in [0.05, 0.1) is 0 Å².